The van der Waals surface area contributed by atoms with Crippen molar-refractivity contribution < 1.29 is 13.5 Å². The van der Waals surface area contributed by atoms with Crippen molar-refractivity contribution >= 4 is 44.6 Å². The first kappa shape index (κ1) is 38.1. The molecule has 1 aliphatic heterocycles. The van der Waals surface area contributed by atoms with E-state index in [4.69, 9.17) is 9.72 Å². The summed E-state index contributed by atoms with van der Waals surface area (Å²) in [6.45, 7) is 13.4. The quantitative estimate of drug-likeness (QED) is 0.138. The van der Waals surface area contributed by atoms with Gasteiger partial charge < -0.3 is 14.5 Å². The molecule has 5 nitrogen and oxygen atoms in total. The third-order valence-electron chi connectivity index (χ3n) is 11.5. The Balaban J connectivity index is 1.10. The third-order valence-corrected chi connectivity index (χ3v) is 11.5. The summed E-state index contributed by atoms with van der Waals surface area (Å²) in [6, 6.07) is 41.9. The molecule has 8 aromatic rings. The van der Waals surface area contributed by atoms with Crippen molar-refractivity contribution in [2.45, 2.75) is 66.2 Å². The molecule has 0 spiro atoms. The Labute approximate surface area is 345 Å². The van der Waals surface area contributed by atoms with Gasteiger partial charge in [0, 0.05) is 40.5 Å². The van der Waals surface area contributed by atoms with Gasteiger partial charge in [0.2, 0.25) is 0 Å². The summed E-state index contributed by atoms with van der Waals surface area (Å²) in [7, 11) is 0. The summed E-state index contributed by atoms with van der Waals surface area (Å²) in [5, 5.41) is 2.31. The first-order valence-corrected chi connectivity index (χ1v) is 20.6. The molecule has 0 aliphatic carbocycles. The molecular weight excluding hydrogens is 735 g/mol. The molecule has 0 N–H and O–H groups in total. The highest BCUT2D eigenvalue weighted by Gasteiger charge is 2.33. The monoisotopic (exact) mass is 782 g/mol. The molecule has 0 fully saturated rings. The van der Waals surface area contributed by atoms with Crippen LogP contribution in [0.1, 0.15) is 75.1 Å². The molecule has 2 aromatic heterocycles. The molecule has 3 heterocycles. The Bertz CT molecular complexity index is 2830. The lowest BCUT2D eigenvalue weighted by molar-refractivity contribution is 0.483. The van der Waals surface area contributed by atoms with Gasteiger partial charge in [-0.25, -0.2) is 13.8 Å². The maximum atomic E-state index is 15.2. The number of hydrogen-bond donors (Lipinski definition) is 0. The topological polar surface area (TPSA) is 33.5 Å². The zero-order valence-electron chi connectivity index (χ0n) is 34.4. The number of ether oxygens (including phenoxy) is 1. The van der Waals surface area contributed by atoms with Crippen molar-refractivity contribution in [2.75, 3.05) is 16.5 Å². The number of para-hydroxylation sites is 3. The highest BCUT2D eigenvalue weighted by atomic mass is 19.1. The van der Waals surface area contributed by atoms with Gasteiger partial charge in [0.1, 0.15) is 35.6 Å². The fourth-order valence-electron chi connectivity index (χ4n) is 8.78. The van der Waals surface area contributed by atoms with Crippen LogP contribution in [0.15, 0.2) is 134 Å². The summed E-state index contributed by atoms with van der Waals surface area (Å²) in [4.78, 5) is 9.51. The molecule has 296 valence electrons. The Morgan fingerprint density at radius 1 is 0.661 bits per heavy atom. The normalized spacial score (nSPS) is 12.7. The van der Waals surface area contributed by atoms with E-state index in [-0.39, 0.29) is 17.4 Å². The minimum atomic E-state index is -0.561. The van der Waals surface area contributed by atoms with Crippen LogP contribution in [0.3, 0.4) is 0 Å². The number of rotatable bonds is 10. The predicted molar refractivity (Wildman–Crippen MR) is 239 cm³/mol. The molecule has 0 saturated heterocycles. The zero-order chi connectivity index (χ0) is 40.9. The predicted octanol–water partition coefficient (Wildman–Crippen LogP) is 14.7. The fourth-order valence-corrected chi connectivity index (χ4v) is 8.78. The van der Waals surface area contributed by atoms with E-state index < -0.39 is 11.6 Å². The average molecular weight is 783 g/mol. The lowest BCUT2D eigenvalue weighted by atomic mass is 9.87. The Morgan fingerprint density at radius 3 is 2.05 bits per heavy atom. The van der Waals surface area contributed by atoms with Gasteiger partial charge in [-0.05, 0) is 132 Å². The molecular formula is C52H48F2N4O. The van der Waals surface area contributed by atoms with Crippen molar-refractivity contribution in [2.24, 2.45) is 0 Å². The molecule has 0 amide bonds. The standard InChI is InChI=1S/C52H48F2N4O/c1-7-13-35-22-23-55-50(26-35)58-46-17-9-8-14-40(46)41-21-20-38(30-49(41)58)59-39-25-34(6)24-37(29-39)56-31-57(48-19-11-10-18-47(48)56)52-42(32(2)3)27-36(28-43(52)33(4)5)51-44(53)15-12-16-45(51)54/h8-12,14-30,32-33H,7,13,31H2,1-6H3. The van der Waals surface area contributed by atoms with Crippen LogP contribution in [-0.4, -0.2) is 16.2 Å². The van der Waals surface area contributed by atoms with E-state index in [0.717, 1.165) is 86.0 Å². The molecule has 59 heavy (non-hydrogen) atoms. The van der Waals surface area contributed by atoms with Gasteiger partial charge >= 0.3 is 0 Å². The summed E-state index contributed by atoms with van der Waals surface area (Å²) in [5.41, 5.74) is 11.3. The molecule has 0 unspecified atom stereocenters. The van der Waals surface area contributed by atoms with Gasteiger partial charge in [0.15, 0.2) is 0 Å². The van der Waals surface area contributed by atoms with Gasteiger partial charge in [-0.15, -0.1) is 0 Å². The van der Waals surface area contributed by atoms with Crippen LogP contribution in [-0.2, 0) is 6.42 Å². The van der Waals surface area contributed by atoms with E-state index in [1.807, 2.05) is 24.4 Å². The summed E-state index contributed by atoms with van der Waals surface area (Å²) in [6.07, 6.45) is 3.97. The van der Waals surface area contributed by atoms with Crippen molar-refractivity contribution in [1.82, 2.24) is 9.55 Å². The first-order chi connectivity index (χ1) is 28.6. The van der Waals surface area contributed by atoms with Gasteiger partial charge in [-0.3, -0.25) is 4.57 Å². The maximum absolute atomic E-state index is 15.2. The van der Waals surface area contributed by atoms with Gasteiger partial charge in [0.25, 0.3) is 0 Å². The molecule has 0 atom stereocenters. The molecule has 0 saturated carbocycles. The maximum Gasteiger partial charge on any atom is 0.137 e. The lowest BCUT2D eigenvalue weighted by Gasteiger charge is -2.30. The molecule has 9 rings (SSSR count). The number of aryl methyl sites for hydroxylation is 2. The van der Waals surface area contributed by atoms with Crippen LogP contribution in [0.4, 0.5) is 31.5 Å². The van der Waals surface area contributed by atoms with Crippen LogP contribution >= 0.6 is 0 Å². The SMILES string of the molecule is CCCc1ccnc(-n2c3ccccc3c3ccc(Oc4cc(C)cc(N5CN(c6c(C(C)C)cc(-c7c(F)cccc7F)cc6C(C)C)c6ccccc65)c4)cc32)c1. The summed E-state index contributed by atoms with van der Waals surface area (Å²) >= 11 is 0. The number of pyridine rings is 1. The van der Waals surface area contributed by atoms with Crippen LogP contribution in [0, 0.1) is 18.6 Å². The summed E-state index contributed by atoms with van der Waals surface area (Å²) in [5.74, 6) is 1.42. The van der Waals surface area contributed by atoms with E-state index in [1.54, 1.807) is 0 Å². The van der Waals surface area contributed by atoms with Crippen LogP contribution in [0.2, 0.25) is 0 Å². The van der Waals surface area contributed by atoms with Crippen molar-refractivity contribution in [3.63, 3.8) is 0 Å². The number of nitrogens with zero attached hydrogens (tertiary/aromatic N) is 4. The molecule has 0 radical (unpaired) electrons. The Kier molecular flexibility index (Phi) is 9.92. The average Bonchev–Trinajstić information content (AvgIpc) is 3.76. The Morgan fingerprint density at radius 2 is 1.34 bits per heavy atom. The van der Waals surface area contributed by atoms with Crippen LogP contribution in [0.25, 0.3) is 38.8 Å². The second kappa shape index (κ2) is 15.4. The third kappa shape index (κ3) is 6.88. The van der Waals surface area contributed by atoms with Crippen LogP contribution < -0.4 is 14.5 Å². The molecule has 7 heteroatoms. The minimum absolute atomic E-state index is 0.0112. The Hall–Kier alpha value is -6.47. The van der Waals surface area contributed by atoms with E-state index in [1.165, 1.54) is 29.1 Å². The second-order valence-electron chi connectivity index (χ2n) is 16.3. The molecule has 0 bridgehead atoms. The van der Waals surface area contributed by atoms with Gasteiger partial charge in [0.05, 0.1) is 28.0 Å². The molecule has 1 aliphatic rings. The van der Waals surface area contributed by atoms with Crippen molar-refractivity contribution in [3.8, 4) is 28.4 Å². The van der Waals surface area contributed by atoms with Gasteiger partial charge in [-0.1, -0.05) is 77.4 Å². The number of benzene rings is 6. The molecule has 6 aromatic carbocycles. The number of fused-ring (bicyclic) bond motifs is 4. The van der Waals surface area contributed by atoms with E-state index in [0.29, 0.717) is 12.2 Å². The second-order valence-corrected chi connectivity index (χ2v) is 16.3. The fraction of sp³-hybridized carbons (Fsp3) is 0.212. The number of hydrogen-bond acceptors (Lipinski definition) is 4. The first-order valence-electron chi connectivity index (χ1n) is 20.6. The smallest absolute Gasteiger partial charge is 0.137 e. The van der Waals surface area contributed by atoms with E-state index in [2.05, 4.69) is 147 Å². The largest absolute Gasteiger partial charge is 0.457 e. The van der Waals surface area contributed by atoms with Crippen molar-refractivity contribution in [1.29, 1.82) is 0 Å². The minimum Gasteiger partial charge on any atom is -0.457 e. The highest BCUT2D eigenvalue weighted by molar-refractivity contribution is 6.09. The van der Waals surface area contributed by atoms with Crippen LogP contribution in [0.5, 0.6) is 11.5 Å². The van der Waals surface area contributed by atoms with Crippen molar-refractivity contribution in [3.05, 3.63) is 167 Å². The van der Waals surface area contributed by atoms with E-state index >= 15 is 8.78 Å². The highest BCUT2D eigenvalue weighted by Crippen LogP contribution is 2.50. The number of anilines is 4. The zero-order valence-corrected chi connectivity index (χ0v) is 34.4. The number of aromatic nitrogens is 2. The lowest BCUT2D eigenvalue weighted by Crippen LogP contribution is -2.26. The number of halogens is 2. The summed E-state index contributed by atoms with van der Waals surface area (Å²) < 4.78 is 39.4. The van der Waals surface area contributed by atoms with E-state index in [9.17, 15) is 0 Å². The van der Waals surface area contributed by atoms with Gasteiger partial charge in [-0.2, -0.15) is 0 Å².